The van der Waals surface area contributed by atoms with Crippen LogP contribution in [0.3, 0.4) is 0 Å². The van der Waals surface area contributed by atoms with Crippen molar-refractivity contribution in [2.45, 2.75) is 0 Å². The number of anilines is 1. The number of halogens is 1. The lowest BCUT2D eigenvalue weighted by atomic mass is 10.3. The largest absolute Gasteiger partial charge is 0.383 e. The lowest BCUT2D eigenvalue weighted by molar-refractivity contribution is 0.173. The summed E-state index contributed by atoms with van der Waals surface area (Å²) in [4.78, 5) is 0. The van der Waals surface area contributed by atoms with Crippen molar-refractivity contribution in [3.05, 3.63) is 41.4 Å². The van der Waals surface area contributed by atoms with Crippen molar-refractivity contribution >= 4 is 21.6 Å². The van der Waals surface area contributed by atoms with Gasteiger partial charge in [-0.05, 0) is 24.3 Å². The first-order valence-electron chi connectivity index (χ1n) is 4.51. The van der Waals surface area contributed by atoms with E-state index in [4.69, 9.17) is 4.74 Å². The summed E-state index contributed by atoms with van der Waals surface area (Å²) in [6, 6.07) is 8.06. The molecule has 0 aliphatic rings. The van der Waals surface area contributed by atoms with Gasteiger partial charge in [0.1, 0.15) is 0 Å². The summed E-state index contributed by atoms with van der Waals surface area (Å²) < 4.78 is 6.33. The predicted octanol–water partition coefficient (Wildman–Crippen LogP) is 3.06. The number of hydrogen-bond acceptors (Lipinski definition) is 2. The minimum atomic E-state index is 0.613. The quantitative estimate of drug-likeness (QED) is 0.623. The van der Waals surface area contributed by atoms with Gasteiger partial charge in [0.15, 0.2) is 0 Å². The van der Waals surface area contributed by atoms with Crippen molar-refractivity contribution in [3.8, 4) is 0 Å². The zero-order chi connectivity index (χ0) is 10.2. The van der Waals surface area contributed by atoms with Gasteiger partial charge in [0.2, 0.25) is 0 Å². The van der Waals surface area contributed by atoms with E-state index >= 15 is 0 Å². The van der Waals surface area contributed by atoms with Gasteiger partial charge in [-0.3, -0.25) is 0 Å². The first-order chi connectivity index (χ1) is 6.83. The average molecular weight is 256 g/mol. The van der Waals surface area contributed by atoms with Gasteiger partial charge in [0.25, 0.3) is 0 Å². The van der Waals surface area contributed by atoms with Gasteiger partial charge >= 0.3 is 0 Å². The zero-order valence-electron chi connectivity index (χ0n) is 8.00. The van der Waals surface area contributed by atoms with E-state index in [1.165, 1.54) is 0 Å². The molecule has 0 heterocycles. The third-order valence-electron chi connectivity index (χ3n) is 1.66. The molecule has 0 aromatic heterocycles. The molecule has 0 fully saturated rings. The van der Waals surface area contributed by atoms with Crippen molar-refractivity contribution in [2.75, 3.05) is 25.1 Å². The smallest absolute Gasteiger partial charge is 0.0645 e. The molecule has 1 aromatic carbocycles. The minimum Gasteiger partial charge on any atom is -0.383 e. The van der Waals surface area contributed by atoms with Crippen LogP contribution in [0.25, 0.3) is 0 Å². The van der Waals surface area contributed by atoms with Crippen molar-refractivity contribution < 1.29 is 4.74 Å². The number of nitrogens with one attached hydrogen (secondary N) is 1. The Morgan fingerprint density at radius 2 is 2.07 bits per heavy atom. The zero-order valence-corrected chi connectivity index (χ0v) is 9.59. The Morgan fingerprint density at radius 3 is 2.71 bits per heavy atom. The highest BCUT2D eigenvalue weighted by Crippen LogP contribution is 2.13. The molecule has 1 rings (SSSR count). The normalized spacial score (nSPS) is 9.79. The summed E-state index contributed by atoms with van der Waals surface area (Å²) in [6.45, 7) is 5.70. The molecule has 0 radical (unpaired) electrons. The maximum absolute atomic E-state index is 5.24. The van der Waals surface area contributed by atoms with Crippen molar-refractivity contribution in [1.82, 2.24) is 0 Å². The molecule has 2 nitrogen and oxygen atoms in total. The van der Waals surface area contributed by atoms with Gasteiger partial charge in [-0.1, -0.05) is 22.0 Å². The molecule has 0 spiro atoms. The van der Waals surface area contributed by atoms with E-state index in [1.807, 2.05) is 24.3 Å². The maximum atomic E-state index is 5.24. The van der Waals surface area contributed by atoms with Gasteiger partial charge in [-0.2, -0.15) is 0 Å². The van der Waals surface area contributed by atoms with E-state index in [0.29, 0.717) is 13.2 Å². The molecule has 0 unspecified atom stereocenters. The summed E-state index contributed by atoms with van der Waals surface area (Å²) in [5, 5.41) is 3.25. The fraction of sp³-hybridized carbons (Fsp3) is 0.273. The van der Waals surface area contributed by atoms with Crippen LogP contribution in [0.5, 0.6) is 0 Å². The molecule has 0 amide bonds. The Kier molecular flexibility index (Phi) is 5.33. The lowest BCUT2D eigenvalue weighted by Gasteiger charge is -2.05. The van der Waals surface area contributed by atoms with Gasteiger partial charge in [-0.15, -0.1) is 6.58 Å². The highest BCUT2D eigenvalue weighted by molar-refractivity contribution is 9.10. The van der Waals surface area contributed by atoms with Crippen molar-refractivity contribution in [2.24, 2.45) is 0 Å². The number of rotatable bonds is 6. The topological polar surface area (TPSA) is 21.3 Å². The van der Waals surface area contributed by atoms with Crippen LogP contribution >= 0.6 is 15.9 Å². The molecule has 0 atom stereocenters. The minimum absolute atomic E-state index is 0.613. The standard InChI is InChI=1S/C11H14BrNO/c1-2-8-14-9-7-13-11-5-3-10(12)4-6-11/h2-6,13H,1,7-9H2. The molecule has 0 saturated heterocycles. The van der Waals surface area contributed by atoms with E-state index in [9.17, 15) is 0 Å². The van der Waals surface area contributed by atoms with E-state index in [1.54, 1.807) is 6.08 Å². The van der Waals surface area contributed by atoms with Crippen molar-refractivity contribution in [3.63, 3.8) is 0 Å². The Morgan fingerprint density at radius 1 is 1.36 bits per heavy atom. The molecule has 14 heavy (non-hydrogen) atoms. The Balaban J connectivity index is 2.18. The molecule has 0 aliphatic carbocycles. The van der Waals surface area contributed by atoms with Crippen LogP contribution in [0.2, 0.25) is 0 Å². The molecule has 0 saturated carbocycles. The maximum Gasteiger partial charge on any atom is 0.0645 e. The molecule has 1 aromatic rings. The Hall–Kier alpha value is -0.800. The van der Waals surface area contributed by atoms with Crippen LogP contribution in [0, 0.1) is 0 Å². The first-order valence-corrected chi connectivity index (χ1v) is 5.30. The SMILES string of the molecule is C=CCOCCNc1ccc(Br)cc1. The lowest BCUT2D eigenvalue weighted by Crippen LogP contribution is -2.09. The van der Waals surface area contributed by atoms with Crippen LogP contribution in [-0.2, 0) is 4.74 Å². The molecule has 0 aliphatic heterocycles. The van der Waals surface area contributed by atoms with Gasteiger partial charge in [-0.25, -0.2) is 0 Å². The highest BCUT2D eigenvalue weighted by atomic mass is 79.9. The Bertz CT molecular complexity index is 271. The van der Waals surface area contributed by atoms with Crippen molar-refractivity contribution in [1.29, 1.82) is 0 Å². The summed E-state index contributed by atoms with van der Waals surface area (Å²) in [5.41, 5.74) is 1.11. The van der Waals surface area contributed by atoms with Gasteiger partial charge < -0.3 is 10.1 Å². The highest BCUT2D eigenvalue weighted by Gasteiger charge is 1.90. The average Bonchev–Trinajstić information content (AvgIpc) is 2.21. The molecule has 0 bridgehead atoms. The fourth-order valence-corrected chi connectivity index (χ4v) is 1.27. The molecular weight excluding hydrogens is 242 g/mol. The number of hydrogen-bond donors (Lipinski definition) is 1. The third kappa shape index (κ3) is 4.44. The molecule has 76 valence electrons. The van der Waals surface area contributed by atoms with Crippen LogP contribution < -0.4 is 5.32 Å². The van der Waals surface area contributed by atoms with E-state index < -0.39 is 0 Å². The second-order valence-corrected chi connectivity index (χ2v) is 3.71. The van der Waals surface area contributed by atoms with Crippen LogP contribution in [0.1, 0.15) is 0 Å². The second kappa shape index (κ2) is 6.62. The van der Waals surface area contributed by atoms with Crippen LogP contribution in [-0.4, -0.2) is 19.8 Å². The monoisotopic (exact) mass is 255 g/mol. The molecular formula is C11H14BrNO. The third-order valence-corrected chi connectivity index (χ3v) is 2.18. The summed E-state index contributed by atoms with van der Waals surface area (Å²) in [6.07, 6.45) is 1.75. The predicted molar refractivity (Wildman–Crippen MR) is 63.6 cm³/mol. The van der Waals surface area contributed by atoms with E-state index in [-0.39, 0.29) is 0 Å². The van der Waals surface area contributed by atoms with Crippen LogP contribution in [0.4, 0.5) is 5.69 Å². The first kappa shape index (κ1) is 11.3. The van der Waals surface area contributed by atoms with Crippen LogP contribution in [0.15, 0.2) is 41.4 Å². The van der Waals surface area contributed by atoms with E-state index in [2.05, 4.69) is 27.8 Å². The molecule has 3 heteroatoms. The Labute approximate surface area is 93.1 Å². The van der Waals surface area contributed by atoms with Gasteiger partial charge in [0, 0.05) is 16.7 Å². The number of ether oxygens (including phenoxy) is 1. The summed E-state index contributed by atoms with van der Waals surface area (Å²) >= 11 is 3.38. The van der Waals surface area contributed by atoms with Gasteiger partial charge in [0.05, 0.1) is 13.2 Å². The second-order valence-electron chi connectivity index (χ2n) is 2.80. The summed E-state index contributed by atoms with van der Waals surface area (Å²) in [7, 11) is 0. The fourth-order valence-electron chi connectivity index (χ4n) is 1.00. The van der Waals surface area contributed by atoms with E-state index in [0.717, 1.165) is 16.7 Å². The number of benzene rings is 1. The summed E-state index contributed by atoms with van der Waals surface area (Å²) in [5.74, 6) is 0. The molecule has 1 N–H and O–H groups in total.